The minimum absolute atomic E-state index is 0.0710. The molecule has 0 saturated heterocycles. The van der Waals surface area contributed by atoms with E-state index in [1.165, 1.54) is 5.56 Å². The molecule has 21 heavy (non-hydrogen) atoms. The van der Waals surface area contributed by atoms with Gasteiger partial charge < -0.3 is 15.8 Å². The fourth-order valence-electron chi connectivity index (χ4n) is 2.56. The molecule has 6 nitrogen and oxygen atoms in total. The highest BCUT2D eigenvalue weighted by atomic mass is 16.4. The number of rotatable bonds is 4. The Morgan fingerprint density at radius 3 is 2.71 bits per heavy atom. The molecule has 0 amide bonds. The van der Waals surface area contributed by atoms with E-state index in [9.17, 15) is 0 Å². The summed E-state index contributed by atoms with van der Waals surface area (Å²) in [7, 11) is 1.86. The van der Waals surface area contributed by atoms with Gasteiger partial charge in [0.2, 0.25) is 0 Å². The number of oxime groups is 1. The molecule has 0 radical (unpaired) electrons. The molecule has 0 bridgehead atoms. The van der Waals surface area contributed by atoms with Crippen molar-refractivity contribution in [2.75, 3.05) is 11.4 Å². The second-order valence-corrected chi connectivity index (χ2v) is 4.98. The summed E-state index contributed by atoms with van der Waals surface area (Å²) in [5, 5.41) is 16.6. The summed E-state index contributed by atoms with van der Waals surface area (Å²) >= 11 is 0. The van der Waals surface area contributed by atoms with Crippen molar-refractivity contribution in [2.45, 2.75) is 20.8 Å². The van der Waals surface area contributed by atoms with Crippen molar-refractivity contribution in [2.24, 2.45) is 17.9 Å². The number of aryl methyl sites for hydroxylation is 3. The van der Waals surface area contributed by atoms with Crippen LogP contribution in [-0.2, 0) is 7.05 Å². The molecule has 1 aromatic carbocycles. The maximum absolute atomic E-state index is 9.02. The normalized spacial score (nSPS) is 11.7. The van der Waals surface area contributed by atoms with E-state index in [4.69, 9.17) is 10.9 Å². The zero-order chi connectivity index (χ0) is 15.6. The first-order valence-corrected chi connectivity index (χ1v) is 6.85. The van der Waals surface area contributed by atoms with Gasteiger partial charge in [-0.2, -0.15) is 5.10 Å². The van der Waals surface area contributed by atoms with Crippen LogP contribution in [0.2, 0.25) is 0 Å². The Kier molecular flexibility index (Phi) is 4.16. The summed E-state index contributed by atoms with van der Waals surface area (Å²) in [6, 6.07) is 8.20. The second kappa shape index (κ2) is 5.87. The number of amidine groups is 1. The van der Waals surface area contributed by atoms with Crippen LogP contribution in [0.1, 0.15) is 23.7 Å². The van der Waals surface area contributed by atoms with E-state index in [1.54, 1.807) is 4.68 Å². The van der Waals surface area contributed by atoms with Crippen molar-refractivity contribution in [3.8, 4) is 0 Å². The van der Waals surface area contributed by atoms with Crippen molar-refractivity contribution >= 4 is 17.3 Å². The number of benzene rings is 1. The lowest BCUT2D eigenvalue weighted by Crippen LogP contribution is -2.24. The van der Waals surface area contributed by atoms with Gasteiger partial charge in [0.15, 0.2) is 5.84 Å². The van der Waals surface area contributed by atoms with Gasteiger partial charge in [0.1, 0.15) is 5.82 Å². The summed E-state index contributed by atoms with van der Waals surface area (Å²) in [5.41, 5.74) is 9.44. The Morgan fingerprint density at radius 2 is 2.14 bits per heavy atom. The van der Waals surface area contributed by atoms with Crippen molar-refractivity contribution in [3.63, 3.8) is 0 Å². The van der Waals surface area contributed by atoms with Crippen LogP contribution < -0.4 is 10.6 Å². The highest BCUT2D eigenvalue weighted by molar-refractivity contribution is 6.03. The number of hydrogen-bond donors (Lipinski definition) is 2. The number of nitrogens with two attached hydrogens (primary N) is 1. The molecule has 3 N–H and O–H groups in total. The van der Waals surface area contributed by atoms with Crippen LogP contribution in [0, 0.1) is 13.8 Å². The highest BCUT2D eigenvalue weighted by Gasteiger charge is 2.22. The lowest BCUT2D eigenvalue weighted by molar-refractivity contribution is 0.318. The van der Waals surface area contributed by atoms with E-state index in [2.05, 4.69) is 41.1 Å². The number of nitrogens with zero attached hydrogens (tertiary/aromatic N) is 4. The van der Waals surface area contributed by atoms with Gasteiger partial charge in [-0.1, -0.05) is 17.3 Å². The molecule has 0 saturated carbocycles. The molecular formula is C15H21N5O. The molecule has 0 aliphatic heterocycles. The third-order valence-electron chi connectivity index (χ3n) is 3.44. The zero-order valence-electron chi connectivity index (χ0n) is 12.8. The zero-order valence-corrected chi connectivity index (χ0v) is 12.8. The van der Waals surface area contributed by atoms with Gasteiger partial charge in [-0.05, 0) is 38.5 Å². The van der Waals surface area contributed by atoms with Gasteiger partial charge in [-0.3, -0.25) is 4.68 Å². The van der Waals surface area contributed by atoms with Crippen LogP contribution in [0.5, 0.6) is 0 Å². The molecule has 0 aliphatic carbocycles. The lowest BCUT2D eigenvalue weighted by atomic mass is 10.1. The van der Waals surface area contributed by atoms with Gasteiger partial charge in [-0.15, -0.1) is 0 Å². The van der Waals surface area contributed by atoms with E-state index in [0.717, 1.165) is 23.7 Å². The summed E-state index contributed by atoms with van der Waals surface area (Å²) in [6.45, 7) is 6.70. The van der Waals surface area contributed by atoms with Crippen molar-refractivity contribution in [1.29, 1.82) is 0 Å². The SMILES string of the molecule is CCN(c1cccc(C)c1)c1c(C(N)=NO)c(C)nn1C. The first-order valence-electron chi connectivity index (χ1n) is 6.85. The molecule has 0 spiro atoms. The molecule has 0 atom stereocenters. The Balaban J connectivity index is 2.63. The topological polar surface area (TPSA) is 79.7 Å². The summed E-state index contributed by atoms with van der Waals surface area (Å²) < 4.78 is 1.76. The molecular weight excluding hydrogens is 266 g/mol. The van der Waals surface area contributed by atoms with E-state index in [0.29, 0.717) is 5.56 Å². The monoisotopic (exact) mass is 287 g/mol. The molecule has 0 fully saturated rings. The minimum Gasteiger partial charge on any atom is -0.409 e. The molecule has 2 rings (SSSR count). The average Bonchev–Trinajstić information content (AvgIpc) is 2.74. The Labute approximate surface area is 124 Å². The molecule has 1 aromatic heterocycles. The Bertz CT molecular complexity index is 675. The minimum atomic E-state index is 0.0710. The summed E-state index contributed by atoms with van der Waals surface area (Å²) in [4.78, 5) is 2.10. The van der Waals surface area contributed by atoms with Crippen molar-refractivity contribution in [3.05, 3.63) is 41.1 Å². The summed E-state index contributed by atoms with van der Waals surface area (Å²) in [6.07, 6.45) is 0. The van der Waals surface area contributed by atoms with Crippen molar-refractivity contribution < 1.29 is 5.21 Å². The first kappa shape index (κ1) is 14.9. The fourth-order valence-corrected chi connectivity index (χ4v) is 2.56. The van der Waals surface area contributed by atoms with Crippen LogP contribution in [0.3, 0.4) is 0 Å². The smallest absolute Gasteiger partial charge is 0.175 e. The molecule has 0 unspecified atom stereocenters. The third kappa shape index (κ3) is 2.69. The highest BCUT2D eigenvalue weighted by Crippen LogP contribution is 2.30. The molecule has 0 aliphatic rings. The second-order valence-electron chi connectivity index (χ2n) is 4.98. The van der Waals surface area contributed by atoms with E-state index < -0.39 is 0 Å². The molecule has 112 valence electrons. The van der Waals surface area contributed by atoms with Gasteiger partial charge in [0.05, 0.1) is 11.3 Å². The first-order chi connectivity index (χ1) is 9.99. The predicted molar refractivity (Wildman–Crippen MR) is 84.3 cm³/mol. The molecule has 2 aromatic rings. The number of aromatic nitrogens is 2. The van der Waals surface area contributed by atoms with Crippen LogP contribution >= 0.6 is 0 Å². The van der Waals surface area contributed by atoms with Crippen LogP contribution in [0.4, 0.5) is 11.5 Å². The largest absolute Gasteiger partial charge is 0.409 e. The van der Waals surface area contributed by atoms with Gasteiger partial charge in [0.25, 0.3) is 0 Å². The average molecular weight is 287 g/mol. The third-order valence-corrected chi connectivity index (χ3v) is 3.44. The standard InChI is InChI=1S/C15H21N5O/c1-5-20(12-8-6-7-10(2)9-12)15-13(14(16)18-21)11(3)17-19(15)4/h6-9,21H,5H2,1-4H3,(H2,16,18). The number of hydrogen-bond acceptors (Lipinski definition) is 4. The van der Waals surface area contributed by atoms with Crippen LogP contribution in [0.15, 0.2) is 29.4 Å². The maximum Gasteiger partial charge on any atom is 0.175 e. The van der Waals surface area contributed by atoms with Gasteiger partial charge in [0, 0.05) is 19.3 Å². The lowest BCUT2D eigenvalue weighted by Gasteiger charge is -2.24. The van der Waals surface area contributed by atoms with Crippen molar-refractivity contribution in [1.82, 2.24) is 9.78 Å². The van der Waals surface area contributed by atoms with Gasteiger partial charge in [-0.25, -0.2) is 0 Å². The fraction of sp³-hybridized carbons (Fsp3) is 0.333. The Hall–Kier alpha value is -2.50. The van der Waals surface area contributed by atoms with E-state index in [1.807, 2.05) is 26.1 Å². The van der Waals surface area contributed by atoms with Gasteiger partial charge >= 0.3 is 0 Å². The summed E-state index contributed by atoms with van der Waals surface area (Å²) in [5.74, 6) is 0.887. The molecule has 1 heterocycles. The predicted octanol–water partition coefficient (Wildman–Crippen LogP) is 2.29. The van der Waals surface area contributed by atoms with Crippen LogP contribution in [0.25, 0.3) is 0 Å². The van der Waals surface area contributed by atoms with E-state index in [-0.39, 0.29) is 5.84 Å². The maximum atomic E-state index is 9.02. The number of anilines is 2. The quantitative estimate of drug-likeness (QED) is 0.391. The van der Waals surface area contributed by atoms with Crippen LogP contribution in [-0.4, -0.2) is 27.4 Å². The van der Waals surface area contributed by atoms with E-state index >= 15 is 0 Å². The Morgan fingerprint density at radius 1 is 1.43 bits per heavy atom. The molecule has 6 heteroatoms.